The Bertz CT molecular complexity index is 405. The molecule has 0 saturated carbocycles. The third-order valence-corrected chi connectivity index (χ3v) is 3.36. The van der Waals surface area contributed by atoms with E-state index in [1.54, 1.807) is 0 Å². The summed E-state index contributed by atoms with van der Waals surface area (Å²) in [6.07, 6.45) is -1.42. The molecule has 0 aromatic rings. The summed E-state index contributed by atoms with van der Waals surface area (Å²) in [4.78, 5) is 22.3. The standard InChI is InChI=1S/C12H24N2O6.C5H10O/c1-13-10(18)3-2-4-11(19)14-6-5-8(16)12(20)9(17)7-15;1-3-4-5(2)6/h8-9,12,15-17,20H,2-7H2,1H3,(H,13,18)(H,14,19);6H,2-4H2,1H3/t8-,9-,12+;/m1./s1. The molecule has 2 amide bonds. The van der Waals surface area contributed by atoms with E-state index in [0.29, 0.717) is 6.42 Å². The Morgan fingerprint density at radius 1 is 1.04 bits per heavy atom. The smallest absolute Gasteiger partial charge is 0.220 e. The Morgan fingerprint density at radius 3 is 2.04 bits per heavy atom. The van der Waals surface area contributed by atoms with Gasteiger partial charge >= 0.3 is 0 Å². The second-order valence-corrected chi connectivity index (χ2v) is 5.79. The molecule has 0 aliphatic carbocycles. The van der Waals surface area contributed by atoms with Gasteiger partial charge in [0, 0.05) is 32.9 Å². The number of aliphatic hydroxyl groups excluding tert-OH is 5. The lowest BCUT2D eigenvalue weighted by Crippen LogP contribution is -2.41. The number of carbonyl (C=O) groups excluding carboxylic acids is 2. The monoisotopic (exact) mass is 378 g/mol. The predicted molar refractivity (Wildman–Crippen MR) is 97.3 cm³/mol. The molecule has 0 spiro atoms. The average molecular weight is 378 g/mol. The number of hydrogen-bond acceptors (Lipinski definition) is 7. The number of rotatable bonds is 12. The number of hydrogen-bond donors (Lipinski definition) is 7. The molecule has 3 atom stereocenters. The van der Waals surface area contributed by atoms with E-state index < -0.39 is 24.9 Å². The molecule has 0 radical (unpaired) electrons. The number of allylic oxidation sites excluding steroid dienone is 1. The van der Waals surface area contributed by atoms with E-state index in [1.165, 1.54) is 7.05 Å². The number of aliphatic hydroxyl groups is 5. The largest absolute Gasteiger partial charge is 0.513 e. The Hall–Kier alpha value is -1.68. The van der Waals surface area contributed by atoms with Crippen LogP contribution in [0.1, 0.15) is 45.4 Å². The van der Waals surface area contributed by atoms with Gasteiger partial charge in [0.2, 0.25) is 11.8 Å². The molecule has 0 heterocycles. The van der Waals surface area contributed by atoms with Crippen LogP contribution in [0.25, 0.3) is 0 Å². The molecule has 0 bridgehead atoms. The highest BCUT2D eigenvalue weighted by Gasteiger charge is 2.23. The lowest BCUT2D eigenvalue weighted by molar-refractivity contribution is -0.122. The first-order chi connectivity index (χ1) is 12.2. The molecule has 0 unspecified atom stereocenters. The van der Waals surface area contributed by atoms with Crippen LogP contribution in [-0.2, 0) is 9.59 Å². The van der Waals surface area contributed by atoms with Gasteiger partial charge in [0.05, 0.1) is 18.5 Å². The number of amides is 2. The second kappa shape index (κ2) is 16.8. The minimum Gasteiger partial charge on any atom is -0.513 e. The molecule has 9 heteroatoms. The first kappa shape index (κ1) is 26.5. The minimum absolute atomic E-state index is 0.0550. The van der Waals surface area contributed by atoms with Crippen molar-refractivity contribution in [3.8, 4) is 0 Å². The summed E-state index contributed by atoms with van der Waals surface area (Å²) >= 11 is 0. The maximum atomic E-state index is 11.4. The topological polar surface area (TPSA) is 159 Å². The van der Waals surface area contributed by atoms with Gasteiger partial charge in [-0.15, -0.1) is 0 Å². The SMILES string of the molecule is C=C(O)CCC.CNC(=O)CCCC(=O)NCC[C@@H](O)[C@H](O)[C@H](O)CO. The highest BCUT2D eigenvalue weighted by atomic mass is 16.4. The molecule has 9 nitrogen and oxygen atoms in total. The van der Waals surface area contributed by atoms with Gasteiger partial charge in [-0.3, -0.25) is 9.59 Å². The lowest BCUT2D eigenvalue weighted by atomic mass is 10.1. The molecule has 0 fully saturated rings. The van der Waals surface area contributed by atoms with Gasteiger partial charge in [-0.1, -0.05) is 13.5 Å². The zero-order valence-corrected chi connectivity index (χ0v) is 15.6. The van der Waals surface area contributed by atoms with Crippen molar-refractivity contribution < 1.29 is 35.1 Å². The molecule has 0 rings (SSSR count). The fraction of sp³-hybridized carbons (Fsp3) is 0.765. The lowest BCUT2D eigenvalue weighted by Gasteiger charge is -2.21. The summed E-state index contributed by atoms with van der Waals surface area (Å²) in [5.74, 6) is -0.0925. The molecule has 0 aromatic heterocycles. The number of nitrogens with one attached hydrogen (secondary N) is 2. The van der Waals surface area contributed by atoms with Crippen molar-refractivity contribution in [2.75, 3.05) is 20.2 Å². The summed E-state index contributed by atoms with van der Waals surface area (Å²) in [7, 11) is 1.52. The summed E-state index contributed by atoms with van der Waals surface area (Å²) in [5, 5.41) is 49.9. The summed E-state index contributed by atoms with van der Waals surface area (Å²) in [5.41, 5.74) is 0. The van der Waals surface area contributed by atoms with E-state index in [1.807, 2.05) is 6.92 Å². The van der Waals surface area contributed by atoms with Gasteiger partial charge in [0.1, 0.15) is 12.2 Å². The highest BCUT2D eigenvalue weighted by molar-refractivity contribution is 5.78. The average Bonchev–Trinajstić information content (AvgIpc) is 2.60. The molecule has 0 saturated heterocycles. The van der Waals surface area contributed by atoms with Crippen LogP contribution >= 0.6 is 0 Å². The second-order valence-electron chi connectivity index (χ2n) is 5.79. The minimum atomic E-state index is -1.45. The van der Waals surface area contributed by atoms with Crippen molar-refractivity contribution >= 4 is 11.8 Å². The van der Waals surface area contributed by atoms with Crippen molar-refractivity contribution in [1.82, 2.24) is 10.6 Å². The van der Waals surface area contributed by atoms with Gasteiger partial charge in [-0.25, -0.2) is 0 Å². The van der Waals surface area contributed by atoms with E-state index in [9.17, 15) is 19.8 Å². The van der Waals surface area contributed by atoms with Gasteiger partial charge in [-0.2, -0.15) is 0 Å². The highest BCUT2D eigenvalue weighted by Crippen LogP contribution is 2.03. The Labute approximate surface area is 154 Å². The maximum Gasteiger partial charge on any atom is 0.220 e. The summed E-state index contributed by atoms with van der Waals surface area (Å²) < 4.78 is 0. The van der Waals surface area contributed by atoms with Crippen molar-refractivity contribution in [2.24, 2.45) is 0 Å². The van der Waals surface area contributed by atoms with E-state index in [2.05, 4.69) is 17.2 Å². The van der Waals surface area contributed by atoms with Crippen LogP contribution in [0, 0.1) is 0 Å². The summed E-state index contributed by atoms with van der Waals surface area (Å²) in [6, 6.07) is 0. The van der Waals surface area contributed by atoms with Crippen molar-refractivity contribution in [1.29, 1.82) is 0 Å². The Morgan fingerprint density at radius 2 is 1.62 bits per heavy atom. The van der Waals surface area contributed by atoms with Crippen LogP contribution in [0.2, 0.25) is 0 Å². The zero-order chi connectivity index (χ0) is 20.5. The van der Waals surface area contributed by atoms with Crippen LogP contribution in [0.3, 0.4) is 0 Å². The van der Waals surface area contributed by atoms with Crippen LogP contribution < -0.4 is 10.6 Å². The fourth-order valence-electron chi connectivity index (χ4n) is 1.81. The van der Waals surface area contributed by atoms with Gasteiger partial charge in [0.25, 0.3) is 0 Å². The zero-order valence-electron chi connectivity index (χ0n) is 15.6. The van der Waals surface area contributed by atoms with Crippen molar-refractivity contribution in [2.45, 2.75) is 63.8 Å². The van der Waals surface area contributed by atoms with E-state index in [4.69, 9.17) is 15.3 Å². The molecule has 26 heavy (non-hydrogen) atoms. The van der Waals surface area contributed by atoms with Gasteiger partial charge < -0.3 is 36.2 Å². The van der Waals surface area contributed by atoms with Crippen LogP contribution in [-0.4, -0.2) is 75.9 Å². The number of carbonyl (C=O) groups is 2. The van der Waals surface area contributed by atoms with Crippen LogP contribution in [0.15, 0.2) is 12.3 Å². The fourth-order valence-corrected chi connectivity index (χ4v) is 1.81. The Balaban J connectivity index is 0. The van der Waals surface area contributed by atoms with Crippen LogP contribution in [0.4, 0.5) is 0 Å². The molecule has 0 aliphatic heterocycles. The maximum absolute atomic E-state index is 11.4. The normalized spacial score (nSPS) is 13.6. The quantitative estimate of drug-likeness (QED) is 0.222. The Kier molecular flexibility index (Phi) is 17.1. The third-order valence-electron chi connectivity index (χ3n) is 3.36. The molecule has 0 aliphatic rings. The van der Waals surface area contributed by atoms with Crippen LogP contribution in [0.5, 0.6) is 0 Å². The van der Waals surface area contributed by atoms with Crippen molar-refractivity contribution in [3.05, 3.63) is 12.3 Å². The predicted octanol–water partition coefficient (Wildman–Crippen LogP) is -0.658. The third kappa shape index (κ3) is 15.8. The first-order valence-electron chi connectivity index (χ1n) is 8.68. The molecule has 0 aromatic carbocycles. The van der Waals surface area contributed by atoms with E-state index in [0.717, 1.165) is 12.8 Å². The molecular formula is C17H34N2O7. The van der Waals surface area contributed by atoms with Gasteiger partial charge in [0.15, 0.2) is 0 Å². The van der Waals surface area contributed by atoms with E-state index >= 15 is 0 Å². The summed E-state index contributed by atoms with van der Waals surface area (Å²) in [6.45, 7) is 4.79. The first-order valence-corrected chi connectivity index (χ1v) is 8.68. The van der Waals surface area contributed by atoms with Gasteiger partial charge in [-0.05, 0) is 19.3 Å². The molecular weight excluding hydrogens is 344 g/mol. The molecule has 7 N–H and O–H groups in total. The molecule has 154 valence electrons. The van der Waals surface area contributed by atoms with E-state index in [-0.39, 0.29) is 43.4 Å². The van der Waals surface area contributed by atoms with Crippen molar-refractivity contribution in [3.63, 3.8) is 0 Å².